The molecule has 3 aromatic carbocycles. The van der Waals surface area contributed by atoms with Gasteiger partial charge in [-0.05, 0) is 16.7 Å². The van der Waals surface area contributed by atoms with Crippen molar-refractivity contribution in [3.63, 3.8) is 0 Å². The summed E-state index contributed by atoms with van der Waals surface area (Å²) >= 11 is 0. The molecule has 0 saturated carbocycles. The number of aliphatic hydroxyl groups is 1. The molecule has 3 aromatic rings. The minimum absolute atomic E-state index is 0.107. The Morgan fingerprint density at radius 1 is 0.763 bits per heavy atom. The maximum atomic E-state index is 11.9. The SMILES string of the molecule is COC1OC(COC(c2ccccc2)(c2ccccc2)c2ccccc2)C(O)C(OC(C)=O)C1OC(C)=O. The van der Waals surface area contributed by atoms with E-state index in [4.69, 9.17) is 23.7 Å². The number of benzene rings is 3. The summed E-state index contributed by atoms with van der Waals surface area (Å²) in [6, 6.07) is 29.3. The third-order valence-corrected chi connectivity index (χ3v) is 6.46. The summed E-state index contributed by atoms with van der Waals surface area (Å²) in [6.45, 7) is 2.32. The Morgan fingerprint density at radius 2 is 1.18 bits per heavy atom. The predicted molar refractivity (Wildman–Crippen MR) is 138 cm³/mol. The van der Waals surface area contributed by atoms with E-state index in [1.165, 1.54) is 21.0 Å². The van der Waals surface area contributed by atoms with Gasteiger partial charge in [-0.3, -0.25) is 9.59 Å². The Morgan fingerprint density at radius 3 is 1.58 bits per heavy atom. The molecule has 0 aromatic heterocycles. The molecule has 0 spiro atoms. The number of esters is 2. The van der Waals surface area contributed by atoms with Gasteiger partial charge in [0.15, 0.2) is 18.5 Å². The second-order valence-electron chi connectivity index (χ2n) is 9.01. The molecule has 1 heterocycles. The number of carbonyl (C=O) groups is 2. The van der Waals surface area contributed by atoms with Crippen LogP contribution in [0.15, 0.2) is 91.0 Å². The van der Waals surface area contributed by atoms with E-state index in [1.807, 2.05) is 91.0 Å². The summed E-state index contributed by atoms with van der Waals surface area (Å²) in [5.74, 6) is -1.27. The van der Waals surface area contributed by atoms with Crippen molar-refractivity contribution >= 4 is 11.9 Å². The van der Waals surface area contributed by atoms with Gasteiger partial charge in [0.05, 0.1) is 6.61 Å². The van der Waals surface area contributed by atoms with Crippen LogP contribution in [-0.4, -0.2) is 61.5 Å². The second-order valence-corrected chi connectivity index (χ2v) is 9.01. The summed E-state index contributed by atoms with van der Waals surface area (Å²) in [6.07, 6.45) is -5.82. The molecule has 0 amide bonds. The molecule has 0 radical (unpaired) electrons. The standard InChI is InChI=1S/C30H32O8/c1-20(31)36-27-26(33)25(38-29(34-3)28(27)37-21(2)32)19-35-30(22-13-7-4-8-14-22,23-15-9-5-10-16-23)24-17-11-6-12-18-24/h4-18,25-29,33H,19H2,1-3H3. The van der Waals surface area contributed by atoms with Gasteiger partial charge in [-0.1, -0.05) is 91.0 Å². The Kier molecular flexibility index (Phi) is 8.91. The molecule has 8 nitrogen and oxygen atoms in total. The molecule has 5 unspecified atom stereocenters. The zero-order chi connectivity index (χ0) is 27.1. The van der Waals surface area contributed by atoms with Gasteiger partial charge in [-0.2, -0.15) is 0 Å². The smallest absolute Gasteiger partial charge is 0.303 e. The lowest BCUT2D eigenvalue weighted by molar-refractivity contribution is -0.304. The zero-order valence-corrected chi connectivity index (χ0v) is 21.6. The third kappa shape index (κ3) is 5.79. The van der Waals surface area contributed by atoms with Crippen LogP contribution in [-0.2, 0) is 38.9 Å². The van der Waals surface area contributed by atoms with Crippen LogP contribution in [0.3, 0.4) is 0 Å². The Labute approximate surface area is 222 Å². The summed E-state index contributed by atoms with van der Waals surface area (Å²) < 4.78 is 28.9. The van der Waals surface area contributed by atoms with Crippen LogP contribution >= 0.6 is 0 Å². The van der Waals surface area contributed by atoms with Crippen molar-refractivity contribution in [3.05, 3.63) is 108 Å². The van der Waals surface area contributed by atoms with Gasteiger partial charge in [0, 0.05) is 21.0 Å². The van der Waals surface area contributed by atoms with Crippen molar-refractivity contribution in [1.29, 1.82) is 0 Å². The number of ether oxygens (including phenoxy) is 5. The minimum Gasteiger partial charge on any atom is -0.455 e. The maximum absolute atomic E-state index is 11.9. The van der Waals surface area contributed by atoms with E-state index >= 15 is 0 Å². The average Bonchev–Trinajstić information content (AvgIpc) is 2.93. The molecule has 1 aliphatic rings. The van der Waals surface area contributed by atoms with Crippen LogP contribution in [0.5, 0.6) is 0 Å². The molecule has 1 N–H and O–H groups in total. The molecular formula is C30H32O8. The van der Waals surface area contributed by atoms with Gasteiger partial charge in [0.1, 0.15) is 17.8 Å². The monoisotopic (exact) mass is 520 g/mol. The van der Waals surface area contributed by atoms with Crippen molar-refractivity contribution in [3.8, 4) is 0 Å². The van der Waals surface area contributed by atoms with E-state index in [9.17, 15) is 14.7 Å². The number of hydrogen-bond donors (Lipinski definition) is 1. The molecule has 38 heavy (non-hydrogen) atoms. The van der Waals surface area contributed by atoms with Gasteiger partial charge >= 0.3 is 11.9 Å². The fraction of sp³-hybridized carbons (Fsp3) is 0.333. The predicted octanol–water partition coefficient (Wildman–Crippen LogP) is 3.59. The molecule has 0 bridgehead atoms. The highest BCUT2D eigenvalue weighted by Gasteiger charge is 2.50. The zero-order valence-electron chi connectivity index (χ0n) is 21.6. The van der Waals surface area contributed by atoms with Crippen LogP contribution in [0.2, 0.25) is 0 Å². The lowest BCUT2D eigenvalue weighted by atomic mass is 9.80. The molecule has 5 atom stereocenters. The van der Waals surface area contributed by atoms with E-state index in [0.717, 1.165) is 16.7 Å². The molecule has 1 fully saturated rings. The lowest BCUT2D eigenvalue weighted by Crippen LogP contribution is -2.61. The van der Waals surface area contributed by atoms with Crippen molar-refractivity contribution in [2.45, 2.75) is 50.2 Å². The van der Waals surface area contributed by atoms with Crippen molar-refractivity contribution < 1.29 is 38.4 Å². The number of carbonyl (C=O) groups excluding carboxylic acids is 2. The van der Waals surface area contributed by atoms with Crippen LogP contribution in [0, 0.1) is 0 Å². The van der Waals surface area contributed by atoms with E-state index in [1.54, 1.807) is 0 Å². The molecule has 0 aliphatic carbocycles. The van der Waals surface area contributed by atoms with Crippen molar-refractivity contribution in [2.75, 3.05) is 13.7 Å². The summed E-state index contributed by atoms with van der Waals surface area (Å²) in [5, 5.41) is 11.3. The first-order chi connectivity index (χ1) is 18.4. The quantitative estimate of drug-likeness (QED) is 0.338. The normalized spacial score (nSPS) is 23.4. The Bertz CT molecular complexity index is 1090. The summed E-state index contributed by atoms with van der Waals surface area (Å²) in [5.41, 5.74) is 1.57. The van der Waals surface area contributed by atoms with Gasteiger partial charge in [0.2, 0.25) is 0 Å². The number of aliphatic hydroxyl groups excluding tert-OH is 1. The molecular weight excluding hydrogens is 488 g/mol. The second kappa shape index (κ2) is 12.3. The first-order valence-electron chi connectivity index (χ1n) is 12.4. The van der Waals surface area contributed by atoms with E-state index in [-0.39, 0.29) is 6.61 Å². The van der Waals surface area contributed by atoms with Crippen LogP contribution in [0.1, 0.15) is 30.5 Å². The van der Waals surface area contributed by atoms with E-state index < -0.39 is 48.2 Å². The largest absolute Gasteiger partial charge is 0.455 e. The fourth-order valence-electron chi connectivity index (χ4n) is 4.84. The third-order valence-electron chi connectivity index (χ3n) is 6.46. The van der Waals surface area contributed by atoms with Crippen LogP contribution in [0.25, 0.3) is 0 Å². The molecule has 200 valence electrons. The van der Waals surface area contributed by atoms with Gasteiger partial charge < -0.3 is 28.8 Å². The Hall–Kier alpha value is -3.56. The first kappa shape index (κ1) is 27.5. The summed E-state index contributed by atoms with van der Waals surface area (Å²) in [4.78, 5) is 23.6. The van der Waals surface area contributed by atoms with Crippen molar-refractivity contribution in [1.82, 2.24) is 0 Å². The fourth-order valence-corrected chi connectivity index (χ4v) is 4.84. The Balaban J connectivity index is 1.74. The van der Waals surface area contributed by atoms with Crippen LogP contribution in [0.4, 0.5) is 0 Å². The number of methoxy groups -OCH3 is 1. The highest BCUT2D eigenvalue weighted by Crippen LogP contribution is 2.41. The summed E-state index contributed by atoms with van der Waals surface area (Å²) in [7, 11) is 1.38. The van der Waals surface area contributed by atoms with Gasteiger partial charge in [-0.15, -0.1) is 0 Å². The number of hydrogen-bond acceptors (Lipinski definition) is 8. The first-order valence-corrected chi connectivity index (χ1v) is 12.4. The van der Waals surface area contributed by atoms with E-state index in [0.29, 0.717) is 0 Å². The van der Waals surface area contributed by atoms with Crippen molar-refractivity contribution in [2.24, 2.45) is 0 Å². The topological polar surface area (TPSA) is 101 Å². The molecule has 1 aliphatic heterocycles. The molecule has 1 saturated heterocycles. The van der Waals surface area contributed by atoms with Crippen LogP contribution < -0.4 is 0 Å². The maximum Gasteiger partial charge on any atom is 0.303 e. The van der Waals surface area contributed by atoms with Gasteiger partial charge in [-0.25, -0.2) is 0 Å². The average molecular weight is 521 g/mol. The lowest BCUT2D eigenvalue weighted by Gasteiger charge is -2.44. The highest BCUT2D eigenvalue weighted by molar-refractivity contribution is 5.67. The molecule has 4 rings (SSSR count). The minimum atomic E-state index is -1.37. The van der Waals surface area contributed by atoms with E-state index in [2.05, 4.69) is 0 Å². The highest BCUT2D eigenvalue weighted by atomic mass is 16.7. The number of rotatable bonds is 9. The van der Waals surface area contributed by atoms with Gasteiger partial charge in [0.25, 0.3) is 0 Å². The molecule has 8 heteroatoms.